The zero-order chi connectivity index (χ0) is 12.4. The summed E-state index contributed by atoms with van der Waals surface area (Å²) < 4.78 is 10.4. The minimum Gasteiger partial charge on any atom is -0.464 e. The monoisotopic (exact) mass is 315 g/mol. The number of rotatable bonds is 2. The Morgan fingerprint density at radius 3 is 2.88 bits per heavy atom. The van der Waals surface area contributed by atoms with Gasteiger partial charge in [0, 0.05) is 21.1 Å². The van der Waals surface area contributed by atoms with Crippen LogP contribution in [0, 0.1) is 0 Å². The smallest absolute Gasteiger partial charge is 0.360 e. The van der Waals surface area contributed by atoms with Crippen molar-refractivity contribution in [2.75, 3.05) is 7.11 Å². The lowest BCUT2D eigenvalue weighted by Crippen LogP contribution is -2.00. The summed E-state index contributed by atoms with van der Waals surface area (Å²) in [7, 11) is 1.29. The first-order valence-corrected chi connectivity index (χ1v) is 5.79. The second kappa shape index (κ2) is 4.89. The van der Waals surface area contributed by atoms with Crippen LogP contribution in [0.3, 0.4) is 0 Å². The van der Waals surface area contributed by atoms with Gasteiger partial charge in [0.25, 0.3) is 0 Å². The van der Waals surface area contributed by atoms with E-state index >= 15 is 0 Å². The van der Waals surface area contributed by atoms with Crippen LogP contribution in [0.25, 0.3) is 11.3 Å². The Kier molecular flexibility index (Phi) is 3.49. The molecule has 0 radical (unpaired) electrons. The van der Waals surface area contributed by atoms with E-state index < -0.39 is 5.97 Å². The third kappa shape index (κ3) is 2.50. The summed E-state index contributed by atoms with van der Waals surface area (Å²) in [4.78, 5) is 11.2. The van der Waals surface area contributed by atoms with Crippen LogP contribution in [-0.2, 0) is 4.74 Å². The molecule has 0 aliphatic carbocycles. The molecule has 0 unspecified atom stereocenters. The van der Waals surface area contributed by atoms with E-state index in [1.807, 2.05) is 0 Å². The number of carbonyl (C=O) groups excluding carboxylic acids is 1. The molecule has 2 rings (SSSR count). The molecule has 2 aromatic rings. The van der Waals surface area contributed by atoms with Gasteiger partial charge in [-0.3, -0.25) is 0 Å². The first-order valence-electron chi connectivity index (χ1n) is 4.62. The van der Waals surface area contributed by atoms with Gasteiger partial charge in [-0.15, -0.1) is 0 Å². The number of ether oxygens (including phenoxy) is 1. The highest BCUT2D eigenvalue weighted by atomic mass is 79.9. The summed E-state index contributed by atoms with van der Waals surface area (Å²) in [6.45, 7) is 0. The van der Waals surface area contributed by atoms with E-state index in [1.54, 1.807) is 18.2 Å². The minimum atomic E-state index is -0.537. The lowest BCUT2D eigenvalue weighted by molar-refractivity contribution is 0.0589. The Labute approximate surface area is 111 Å². The predicted octanol–water partition coefficient (Wildman–Crippen LogP) is 3.54. The topological polar surface area (TPSA) is 52.3 Å². The van der Waals surface area contributed by atoms with Crippen molar-refractivity contribution < 1.29 is 14.1 Å². The molecule has 6 heteroatoms. The number of aromatic nitrogens is 1. The first kappa shape index (κ1) is 12.1. The average molecular weight is 317 g/mol. The molecule has 0 aliphatic rings. The molecule has 0 spiro atoms. The quantitative estimate of drug-likeness (QED) is 0.795. The number of esters is 1. The maximum absolute atomic E-state index is 11.2. The van der Waals surface area contributed by atoms with Gasteiger partial charge in [-0.05, 0) is 34.1 Å². The van der Waals surface area contributed by atoms with Crippen molar-refractivity contribution in [3.05, 3.63) is 39.5 Å². The molecule has 17 heavy (non-hydrogen) atoms. The number of benzene rings is 1. The Morgan fingerprint density at radius 2 is 2.24 bits per heavy atom. The van der Waals surface area contributed by atoms with Gasteiger partial charge in [-0.25, -0.2) is 4.79 Å². The molecular formula is C11H7BrClNO3. The summed E-state index contributed by atoms with van der Waals surface area (Å²) in [6, 6.07) is 6.74. The molecule has 0 fully saturated rings. The Morgan fingerprint density at radius 1 is 1.47 bits per heavy atom. The molecule has 0 saturated heterocycles. The average Bonchev–Trinajstić information content (AvgIpc) is 2.77. The van der Waals surface area contributed by atoms with Crippen LogP contribution in [0.15, 0.2) is 33.3 Å². The highest BCUT2D eigenvalue weighted by Gasteiger charge is 2.15. The van der Waals surface area contributed by atoms with Crippen molar-refractivity contribution >= 4 is 33.5 Å². The Balaban J connectivity index is 2.40. The molecule has 0 atom stereocenters. The fourth-order valence-corrected chi connectivity index (χ4v) is 2.17. The van der Waals surface area contributed by atoms with Gasteiger partial charge >= 0.3 is 5.97 Å². The standard InChI is InChI=1S/C11H7BrClNO3/c1-16-11(15)9-5-10(17-14-9)7-3-2-6(13)4-8(7)12/h2-5H,1H3. The van der Waals surface area contributed by atoms with E-state index in [0.717, 1.165) is 10.0 Å². The molecule has 0 saturated carbocycles. The highest BCUT2D eigenvalue weighted by Crippen LogP contribution is 2.31. The number of nitrogens with zero attached hydrogens (tertiary/aromatic N) is 1. The zero-order valence-corrected chi connectivity index (χ0v) is 11.1. The number of halogens is 2. The van der Waals surface area contributed by atoms with Crippen molar-refractivity contribution in [1.29, 1.82) is 0 Å². The molecule has 4 nitrogen and oxygen atoms in total. The molecule has 0 aliphatic heterocycles. The molecule has 88 valence electrons. The van der Waals surface area contributed by atoms with Gasteiger partial charge in [0.2, 0.25) is 0 Å². The molecule has 0 N–H and O–H groups in total. The van der Waals surface area contributed by atoms with Crippen molar-refractivity contribution in [2.24, 2.45) is 0 Å². The summed E-state index contributed by atoms with van der Waals surface area (Å²) in [5, 5.41) is 4.23. The van der Waals surface area contributed by atoms with Crippen molar-refractivity contribution in [3.8, 4) is 11.3 Å². The van der Waals surface area contributed by atoms with Gasteiger partial charge in [0.1, 0.15) is 0 Å². The molecule has 1 heterocycles. The number of hydrogen-bond donors (Lipinski definition) is 0. The number of methoxy groups -OCH3 is 1. The maximum atomic E-state index is 11.2. The summed E-state index contributed by atoms with van der Waals surface area (Å²) in [5.41, 5.74) is 0.890. The van der Waals surface area contributed by atoms with E-state index in [2.05, 4.69) is 25.8 Å². The largest absolute Gasteiger partial charge is 0.464 e. The Bertz CT molecular complexity index is 568. The Hall–Kier alpha value is -1.33. The summed E-state index contributed by atoms with van der Waals surface area (Å²) in [6.07, 6.45) is 0. The van der Waals surface area contributed by atoms with Gasteiger partial charge in [-0.1, -0.05) is 16.8 Å². The van der Waals surface area contributed by atoms with E-state index in [4.69, 9.17) is 16.1 Å². The van der Waals surface area contributed by atoms with E-state index in [1.165, 1.54) is 13.2 Å². The molecule has 1 aromatic heterocycles. The maximum Gasteiger partial charge on any atom is 0.360 e. The second-order valence-electron chi connectivity index (χ2n) is 3.19. The lowest BCUT2D eigenvalue weighted by Gasteiger charge is -1.99. The molecule has 0 amide bonds. The van der Waals surface area contributed by atoms with Crippen molar-refractivity contribution in [3.63, 3.8) is 0 Å². The predicted molar refractivity (Wildman–Crippen MR) is 66.0 cm³/mol. The summed E-state index contributed by atoms with van der Waals surface area (Å²) in [5.74, 6) is -0.0703. The summed E-state index contributed by atoms with van der Waals surface area (Å²) >= 11 is 9.19. The lowest BCUT2D eigenvalue weighted by atomic mass is 10.1. The van der Waals surface area contributed by atoms with Crippen LogP contribution in [0.2, 0.25) is 5.02 Å². The van der Waals surface area contributed by atoms with E-state index in [-0.39, 0.29) is 5.69 Å². The van der Waals surface area contributed by atoms with Gasteiger partial charge in [0.05, 0.1) is 7.11 Å². The van der Waals surface area contributed by atoms with Crippen LogP contribution < -0.4 is 0 Å². The molecular weight excluding hydrogens is 309 g/mol. The third-order valence-electron chi connectivity index (χ3n) is 2.10. The van der Waals surface area contributed by atoms with Crippen molar-refractivity contribution in [2.45, 2.75) is 0 Å². The van der Waals surface area contributed by atoms with Gasteiger partial charge in [0.15, 0.2) is 11.5 Å². The normalized spacial score (nSPS) is 10.3. The SMILES string of the molecule is COC(=O)c1cc(-c2ccc(Cl)cc2Br)on1. The zero-order valence-electron chi connectivity index (χ0n) is 8.74. The van der Waals surface area contributed by atoms with E-state index in [0.29, 0.717) is 10.8 Å². The van der Waals surface area contributed by atoms with Crippen LogP contribution in [0.4, 0.5) is 0 Å². The second-order valence-corrected chi connectivity index (χ2v) is 4.48. The highest BCUT2D eigenvalue weighted by molar-refractivity contribution is 9.10. The first-order chi connectivity index (χ1) is 8.11. The molecule has 1 aromatic carbocycles. The van der Waals surface area contributed by atoms with Gasteiger partial charge in [-0.2, -0.15) is 0 Å². The van der Waals surface area contributed by atoms with Crippen LogP contribution >= 0.6 is 27.5 Å². The van der Waals surface area contributed by atoms with E-state index in [9.17, 15) is 4.79 Å². The fraction of sp³-hybridized carbons (Fsp3) is 0.0909. The van der Waals surface area contributed by atoms with Crippen LogP contribution in [0.1, 0.15) is 10.5 Å². The minimum absolute atomic E-state index is 0.129. The number of carbonyl (C=O) groups is 1. The van der Waals surface area contributed by atoms with Crippen molar-refractivity contribution in [1.82, 2.24) is 5.16 Å². The fourth-order valence-electron chi connectivity index (χ4n) is 1.29. The molecule has 0 bridgehead atoms. The number of hydrogen-bond acceptors (Lipinski definition) is 4. The third-order valence-corrected chi connectivity index (χ3v) is 2.99. The van der Waals surface area contributed by atoms with Crippen LogP contribution in [0.5, 0.6) is 0 Å². The van der Waals surface area contributed by atoms with Gasteiger partial charge < -0.3 is 9.26 Å². The van der Waals surface area contributed by atoms with Crippen LogP contribution in [-0.4, -0.2) is 18.2 Å².